The summed E-state index contributed by atoms with van der Waals surface area (Å²) in [5, 5.41) is 5.73. The van der Waals surface area contributed by atoms with E-state index in [1.54, 1.807) is 11.3 Å². The molecule has 0 aliphatic heterocycles. The third kappa shape index (κ3) is 3.58. The highest BCUT2D eigenvalue weighted by Crippen LogP contribution is 2.26. The van der Waals surface area contributed by atoms with Crippen molar-refractivity contribution in [3.8, 4) is 11.1 Å². The highest BCUT2D eigenvalue weighted by Gasteiger charge is 2.02. The lowest BCUT2D eigenvalue weighted by Gasteiger charge is -2.00. The molecule has 3 rings (SSSR count). The van der Waals surface area contributed by atoms with Crippen LogP contribution in [-0.2, 0) is 13.1 Å². The molecule has 0 fully saturated rings. The summed E-state index contributed by atoms with van der Waals surface area (Å²) in [7, 11) is 0. The van der Waals surface area contributed by atoms with Gasteiger partial charge in [-0.15, -0.1) is 22.7 Å². The largest absolute Gasteiger partial charge is 0.307 e. The Morgan fingerprint density at radius 3 is 2.45 bits per heavy atom. The van der Waals surface area contributed by atoms with E-state index < -0.39 is 0 Å². The van der Waals surface area contributed by atoms with Gasteiger partial charge in [-0.2, -0.15) is 0 Å². The predicted molar refractivity (Wildman–Crippen MR) is 92.3 cm³/mol. The molecule has 2 aromatic heterocycles. The zero-order chi connectivity index (χ0) is 13.8. The van der Waals surface area contributed by atoms with E-state index in [4.69, 9.17) is 0 Å². The van der Waals surface area contributed by atoms with Crippen molar-refractivity contribution >= 4 is 38.6 Å². The SMILES string of the molecule is Brc1ccc(CNCc2cc(-c3ccccc3)cs2)s1. The summed E-state index contributed by atoms with van der Waals surface area (Å²) in [6.07, 6.45) is 0. The molecule has 0 aliphatic carbocycles. The molecule has 1 nitrogen and oxygen atoms in total. The fourth-order valence-corrected chi connectivity index (χ4v) is 4.33. The molecule has 1 N–H and O–H groups in total. The second-order valence-corrected chi connectivity index (χ2v) is 8.02. The minimum atomic E-state index is 0.924. The molecule has 0 unspecified atom stereocenters. The molecule has 0 radical (unpaired) electrons. The smallest absolute Gasteiger partial charge is 0.0701 e. The minimum absolute atomic E-state index is 0.924. The third-order valence-electron chi connectivity index (χ3n) is 2.99. The van der Waals surface area contributed by atoms with Crippen LogP contribution in [0.15, 0.2) is 57.7 Å². The van der Waals surface area contributed by atoms with E-state index in [9.17, 15) is 0 Å². The number of halogens is 1. The highest BCUT2D eigenvalue weighted by molar-refractivity contribution is 9.11. The quantitative estimate of drug-likeness (QED) is 0.628. The van der Waals surface area contributed by atoms with Gasteiger partial charge in [0, 0.05) is 22.8 Å². The number of rotatable bonds is 5. The second-order valence-electron chi connectivity index (χ2n) is 4.48. The molecular formula is C16H14BrNS2. The predicted octanol–water partition coefficient (Wildman–Crippen LogP) is 5.53. The van der Waals surface area contributed by atoms with Gasteiger partial charge in [0.25, 0.3) is 0 Å². The van der Waals surface area contributed by atoms with Gasteiger partial charge in [0.1, 0.15) is 0 Å². The molecule has 102 valence electrons. The van der Waals surface area contributed by atoms with Gasteiger partial charge < -0.3 is 5.32 Å². The Morgan fingerprint density at radius 2 is 1.70 bits per heavy atom. The molecule has 3 aromatic rings. The molecular weight excluding hydrogens is 350 g/mol. The Morgan fingerprint density at radius 1 is 0.900 bits per heavy atom. The van der Waals surface area contributed by atoms with Gasteiger partial charge in [-0.25, -0.2) is 0 Å². The molecule has 1 aromatic carbocycles. The van der Waals surface area contributed by atoms with Crippen LogP contribution in [0.25, 0.3) is 11.1 Å². The van der Waals surface area contributed by atoms with Crippen molar-refractivity contribution in [2.45, 2.75) is 13.1 Å². The Bertz CT molecular complexity index is 673. The van der Waals surface area contributed by atoms with Gasteiger partial charge in [0.05, 0.1) is 3.79 Å². The van der Waals surface area contributed by atoms with Gasteiger partial charge in [-0.05, 0) is 50.6 Å². The summed E-state index contributed by atoms with van der Waals surface area (Å²) < 4.78 is 1.19. The van der Waals surface area contributed by atoms with Gasteiger partial charge in [0.15, 0.2) is 0 Å². The third-order valence-corrected chi connectivity index (χ3v) is 5.55. The van der Waals surface area contributed by atoms with Crippen LogP contribution in [0.5, 0.6) is 0 Å². The van der Waals surface area contributed by atoms with Crippen LogP contribution in [0.2, 0.25) is 0 Å². The van der Waals surface area contributed by atoms with Gasteiger partial charge in [-0.1, -0.05) is 30.3 Å². The zero-order valence-corrected chi connectivity index (χ0v) is 14.0. The van der Waals surface area contributed by atoms with E-state index in [0.717, 1.165) is 13.1 Å². The average molecular weight is 364 g/mol. The lowest BCUT2D eigenvalue weighted by Crippen LogP contribution is -2.10. The Kier molecular flexibility index (Phi) is 4.68. The summed E-state index contributed by atoms with van der Waals surface area (Å²) in [4.78, 5) is 2.73. The van der Waals surface area contributed by atoms with Crippen LogP contribution in [0.1, 0.15) is 9.75 Å². The fraction of sp³-hybridized carbons (Fsp3) is 0.125. The summed E-state index contributed by atoms with van der Waals surface area (Å²) in [6.45, 7) is 1.85. The lowest BCUT2D eigenvalue weighted by molar-refractivity contribution is 0.709. The first-order chi connectivity index (χ1) is 9.81. The van der Waals surface area contributed by atoms with E-state index in [-0.39, 0.29) is 0 Å². The molecule has 0 bridgehead atoms. The maximum absolute atomic E-state index is 3.50. The average Bonchev–Trinajstić information content (AvgIpc) is 3.09. The van der Waals surface area contributed by atoms with Crippen molar-refractivity contribution < 1.29 is 0 Å². The number of nitrogens with one attached hydrogen (secondary N) is 1. The highest BCUT2D eigenvalue weighted by atomic mass is 79.9. The van der Waals surface area contributed by atoms with Crippen LogP contribution in [-0.4, -0.2) is 0 Å². The standard InChI is InChI=1S/C16H14BrNS2/c17-16-7-6-14(20-16)9-18-10-15-8-13(11-19-15)12-4-2-1-3-5-12/h1-8,11,18H,9-10H2. The molecule has 0 saturated carbocycles. The molecule has 0 saturated heterocycles. The molecule has 0 aliphatic rings. The molecule has 0 atom stereocenters. The maximum Gasteiger partial charge on any atom is 0.0701 e. The Labute approximate surface area is 135 Å². The van der Waals surface area contributed by atoms with Crippen LogP contribution in [0.4, 0.5) is 0 Å². The number of hydrogen-bond acceptors (Lipinski definition) is 3. The van der Waals surface area contributed by atoms with E-state index in [0.29, 0.717) is 0 Å². The summed E-state index contributed by atoms with van der Waals surface area (Å²) in [6, 6.07) is 17.1. The number of hydrogen-bond donors (Lipinski definition) is 1. The molecule has 4 heteroatoms. The first kappa shape index (κ1) is 14.0. The number of thiophene rings is 2. The first-order valence-electron chi connectivity index (χ1n) is 6.39. The molecule has 0 amide bonds. The van der Waals surface area contributed by atoms with E-state index in [2.05, 4.69) is 75.2 Å². The van der Waals surface area contributed by atoms with Crippen LogP contribution in [0, 0.1) is 0 Å². The Hall–Kier alpha value is -0.940. The summed E-state index contributed by atoms with van der Waals surface area (Å²) in [5.74, 6) is 0. The molecule has 0 spiro atoms. The van der Waals surface area contributed by atoms with Crippen molar-refractivity contribution in [2.24, 2.45) is 0 Å². The Balaban J connectivity index is 1.58. The minimum Gasteiger partial charge on any atom is -0.307 e. The van der Waals surface area contributed by atoms with E-state index in [1.165, 1.54) is 24.7 Å². The van der Waals surface area contributed by atoms with E-state index in [1.807, 2.05) is 11.3 Å². The van der Waals surface area contributed by atoms with Crippen molar-refractivity contribution in [1.29, 1.82) is 0 Å². The second kappa shape index (κ2) is 6.68. The van der Waals surface area contributed by atoms with Gasteiger partial charge in [0.2, 0.25) is 0 Å². The van der Waals surface area contributed by atoms with Crippen molar-refractivity contribution in [2.75, 3.05) is 0 Å². The lowest BCUT2D eigenvalue weighted by atomic mass is 10.1. The maximum atomic E-state index is 3.50. The topological polar surface area (TPSA) is 12.0 Å². The fourth-order valence-electron chi connectivity index (χ4n) is 2.01. The first-order valence-corrected chi connectivity index (χ1v) is 8.88. The van der Waals surface area contributed by atoms with Crippen molar-refractivity contribution in [3.63, 3.8) is 0 Å². The summed E-state index contributed by atoms with van der Waals surface area (Å²) >= 11 is 7.09. The van der Waals surface area contributed by atoms with Crippen LogP contribution in [0.3, 0.4) is 0 Å². The monoisotopic (exact) mass is 363 g/mol. The summed E-state index contributed by atoms with van der Waals surface area (Å²) in [5.41, 5.74) is 2.60. The van der Waals surface area contributed by atoms with Gasteiger partial charge in [-0.3, -0.25) is 0 Å². The van der Waals surface area contributed by atoms with E-state index >= 15 is 0 Å². The molecule has 2 heterocycles. The molecule has 20 heavy (non-hydrogen) atoms. The zero-order valence-electron chi connectivity index (χ0n) is 10.8. The van der Waals surface area contributed by atoms with Crippen molar-refractivity contribution in [1.82, 2.24) is 5.32 Å². The number of benzene rings is 1. The normalized spacial score (nSPS) is 10.8. The van der Waals surface area contributed by atoms with Crippen LogP contribution < -0.4 is 5.32 Å². The van der Waals surface area contributed by atoms with Crippen LogP contribution >= 0.6 is 38.6 Å². The van der Waals surface area contributed by atoms with Crippen molar-refractivity contribution in [3.05, 3.63) is 67.5 Å². The van der Waals surface area contributed by atoms with Gasteiger partial charge >= 0.3 is 0 Å².